The molecule has 33 heteroatoms. The van der Waals surface area contributed by atoms with E-state index in [4.69, 9.17) is 75.8 Å². The normalized spacial score (nSPS) is 39.9. The smallest absolute Gasteiger partial charge is 0.447 e. The SMILES string of the molecule is CC[C@H]1CCC[C@H](O[C@H]2CC[C@H](N(C)C)[C@@H](C)O2)[C@@H](C)C(=O)C2=C[C@@H]3[C@@H](C=C(C)[C@@H]4C[C@@H](O[C@@H]5O[C@@H](C)[C@H](OC)[C@@H](OC)[C@H]5OC)C[C@@H]34)[C@@H]2CC(=O)O1.CC[C@H]1CCC[C@H](O[C@H]2CC[C@H](N(C)C)[C@@H](C)O2)[C@@H](C)C(=O)C2=C[C@@H]3[C@@H](C=C[C@@H]4C[C@@H](O[C@@H]5O[C@@H](C)[C@H](OC)[C@@H](OC)[C@H]5OC)C[C@@H]34)[C@@H]2CC(=O)O1.CS/C(C)=N\OC(=O)N(C)SN(C)C(=O)O/N=C(/C)SC. The summed E-state index contributed by atoms with van der Waals surface area (Å²) in [6.07, 6.45) is 21.6. The van der Waals surface area contributed by atoms with Crippen LogP contribution in [0.15, 0.2) is 57.4 Å². The maximum Gasteiger partial charge on any atom is 0.447 e. The molecule has 0 aromatic rings. The Morgan fingerprint density at radius 1 is 0.460 bits per heavy atom. The Morgan fingerprint density at radius 2 is 0.873 bits per heavy atom. The predicted octanol–water partition coefficient (Wildman–Crippen LogP) is 14.4. The molecule has 6 aliphatic heterocycles. The van der Waals surface area contributed by atoms with Crippen molar-refractivity contribution >= 4 is 81.4 Å². The average Bonchev–Trinajstić information content (AvgIpc) is 1.59. The van der Waals surface area contributed by atoms with Crippen LogP contribution in [0.5, 0.6) is 0 Å². The Hall–Kier alpha value is -4.47. The molecule has 0 unspecified atom stereocenters. The van der Waals surface area contributed by atoms with Crippen LogP contribution in [0.25, 0.3) is 0 Å². The van der Waals surface area contributed by atoms with Gasteiger partial charge in [0, 0.05) is 92.5 Å². The van der Waals surface area contributed by atoms with Crippen molar-refractivity contribution in [3.63, 3.8) is 0 Å². The number of rotatable bonds is 22. The number of carbonyl (C=O) groups excluding carboxylic acids is 6. The second-order valence-corrected chi connectivity index (χ2v) is 40.1. The summed E-state index contributed by atoms with van der Waals surface area (Å²) in [4.78, 5) is 93.4. The van der Waals surface area contributed by atoms with Gasteiger partial charge in [-0.25, -0.2) is 18.2 Å². The van der Waals surface area contributed by atoms with Gasteiger partial charge in [0.1, 0.15) is 58.9 Å². The predicted molar refractivity (Wildman–Crippen MR) is 482 cm³/mol. The van der Waals surface area contributed by atoms with E-state index < -0.39 is 37.0 Å². The van der Waals surface area contributed by atoms with Gasteiger partial charge in [0.15, 0.2) is 36.7 Å². The fourth-order valence-electron chi connectivity index (χ4n) is 21.8. The first-order valence-electron chi connectivity index (χ1n) is 45.9. The lowest BCUT2D eigenvalue weighted by atomic mass is 9.67. The monoisotopic (exact) mass is 1830 g/mol. The van der Waals surface area contributed by atoms with Crippen molar-refractivity contribution in [3.8, 4) is 0 Å². The number of allylic oxidation sites excluding steroid dienone is 8. The molecule has 0 spiro atoms. The molecule has 34 atom stereocenters. The van der Waals surface area contributed by atoms with Crippen LogP contribution in [0.3, 0.4) is 0 Å². The molecule has 126 heavy (non-hydrogen) atoms. The van der Waals surface area contributed by atoms with Crippen LogP contribution in [0.1, 0.15) is 192 Å². The fourth-order valence-corrected chi connectivity index (χ4v) is 22.6. The first-order chi connectivity index (χ1) is 60.2. The van der Waals surface area contributed by atoms with Crippen LogP contribution >= 0.6 is 35.7 Å². The summed E-state index contributed by atoms with van der Waals surface area (Å²) >= 11 is 3.51. The molecular weight excluding hydrogens is 1680 g/mol. The number of Topliss-reactive ketones (excluding diaryl/α,β-unsaturated/α-hetero) is 2. The molecule has 6 saturated heterocycles. The highest BCUT2D eigenvalue weighted by Crippen LogP contribution is 2.58. The van der Waals surface area contributed by atoms with E-state index in [-0.39, 0.29) is 194 Å². The Bertz CT molecular complexity index is 3720. The summed E-state index contributed by atoms with van der Waals surface area (Å²) < 4.78 is 102. The third-order valence-electron chi connectivity index (χ3n) is 28.8. The molecule has 0 bridgehead atoms. The largest absolute Gasteiger partial charge is 0.462 e. The molecule has 0 aromatic heterocycles. The molecule has 2 amide bonds. The van der Waals surface area contributed by atoms with Gasteiger partial charge in [0.25, 0.3) is 0 Å². The van der Waals surface area contributed by atoms with E-state index in [9.17, 15) is 28.8 Å². The highest BCUT2D eigenvalue weighted by molar-refractivity contribution is 8.13. The number of carbonyl (C=O) groups is 6. The van der Waals surface area contributed by atoms with Crippen LogP contribution < -0.4 is 0 Å². The zero-order chi connectivity index (χ0) is 91.8. The number of thioether (sulfide) groups is 2. The van der Waals surface area contributed by atoms with Crippen molar-refractivity contribution in [2.24, 2.45) is 81.3 Å². The molecule has 0 N–H and O–H groups in total. The summed E-state index contributed by atoms with van der Waals surface area (Å²) in [6, 6.07) is 0.676. The molecule has 30 nitrogen and oxygen atoms in total. The average molecular weight is 1830 g/mol. The van der Waals surface area contributed by atoms with Gasteiger partial charge >= 0.3 is 24.1 Å². The van der Waals surface area contributed by atoms with Crippen LogP contribution in [0.4, 0.5) is 9.59 Å². The molecule has 6 aliphatic carbocycles. The van der Waals surface area contributed by atoms with Gasteiger partial charge in [-0.15, -0.1) is 23.5 Å². The van der Waals surface area contributed by atoms with Gasteiger partial charge in [-0.3, -0.25) is 28.9 Å². The number of hydrogen-bond acceptors (Lipinski definition) is 31. The van der Waals surface area contributed by atoms with Crippen molar-refractivity contribution in [1.29, 1.82) is 0 Å². The molecule has 0 aromatic carbocycles. The second-order valence-electron chi connectivity index (χ2n) is 36.9. The van der Waals surface area contributed by atoms with E-state index in [0.29, 0.717) is 46.8 Å². The first kappa shape index (κ1) is 104. The van der Waals surface area contributed by atoms with E-state index >= 15 is 0 Å². The van der Waals surface area contributed by atoms with E-state index in [1.54, 1.807) is 56.5 Å². The minimum absolute atomic E-state index is 0.0364. The van der Waals surface area contributed by atoms with Crippen LogP contribution in [-0.4, -0.2) is 297 Å². The Morgan fingerprint density at radius 3 is 1.28 bits per heavy atom. The minimum atomic E-state index is -0.711. The van der Waals surface area contributed by atoms with Crippen molar-refractivity contribution in [2.45, 2.75) is 327 Å². The summed E-state index contributed by atoms with van der Waals surface area (Å²) in [7, 11) is 21.2. The minimum Gasteiger partial charge on any atom is -0.462 e. The van der Waals surface area contributed by atoms with Crippen molar-refractivity contribution in [1.82, 2.24) is 18.4 Å². The van der Waals surface area contributed by atoms with Crippen molar-refractivity contribution in [3.05, 3.63) is 47.1 Å². The number of nitrogens with zero attached hydrogens (tertiary/aromatic N) is 6. The zero-order valence-electron chi connectivity index (χ0n) is 79.5. The fraction of sp³-hybridized carbons (Fsp3) is 0.828. The topological polar surface area (TPSA) is 306 Å². The van der Waals surface area contributed by atoms with E-state index in [1.165, 1.54) is 43.2 Å². The molecule has 714 valence electrons. The van der Waals surface area contributed by atoms with E-state index in [0.717, 1.165) is 122 Å². The third kappa shape index (κ3) is 25.5. The first-order valence-corrected chi connectivity index (χ1v) is 49.1. The number of amides is 2. The molecule has 6 heterocycles. The molecule has 12 rings (SSSR count). The number of ketones is 2. The highest BCUT2D eigenvalue weighted by atomic mass is 32.2. The van der Waals surface area contributed by atoms with Gasteiger partial charge in [0.2, 0.25) is 0 Å². The number of ether oxygens (including phenoxy) is 16. The second kappa shape index (κ2) is 48.4. The van der Waals surface area contributed by atoms with Gasteiger partial charge in [0.05, 0.1) is 73.8 Å². The molecule has 12 aliphatic rings. The van der Waals surface area contributed by atoms with E-state index in [2.05, 4.69) is 123 Å². The van der Waals surface area contributed by atoms with E-state index in [1.807, 2.05) is 40.2 Å². The highest BCUT2D eigenvalue weighted by Gasteiger charge is 2.57. The number of fused-ring (bicyclic) bond motifs is 10. The Balaban J connectivity index is 0.000000215. The standard InChI is InChI=1S/C42H67NO10.C41H65NO10.C10H18N4O4S3/c1-11-26-13-12-14-35(53-37-16-15-34(43(6)7)24(4)49-37)23(3)38(45)33-20-31-29(32(33)21-36(44)51-26)17-22(2)28-18-27(19-30(28)31)52-42-41(48-10)40(47-9)39(46-8)25(5)50-42;1-10-26-12-11-13-34(52-36-17-16-33(42(5)6)23(3)48-36)22(2)37(44)32-20-30-28(31(32)21-35(43)50-26)15-14-25-18-27(19-29(25)30)51-41-40(47-9)39(46-8)38(45-7)24(4)49-41;1-7(19-5)11-17-9(15)13(3)21-14(4)10(16)18-12-8(2)20-6/h17,20,23-32,34-35,37,39-42H,11-16,18-19,21H2,1-10H3;14-15,20,22-31,33-34,36,38-41H,10-13,16-19,21H2,1-9H3;1-6H3/b;;11-7-,12-8-/t23-,24-,25+,26+,27-,28+,29-,30-,31-,32+,34+,35+,37+,39+,40-,41-,42+;22-,23-,24+,25-,26+,27-,28-,29-,30-,31+,33+,34+,36+,38+,39-,40-,41+;/m11./s1. The quantitative estimate of drug-likeness (QED) is 0.0185. The molecular formula is C93H150N6O24S3. The maximum absolute atomic E-state index is 14.7. The van der Waals surface area contributed by atoms with Crippen molar-refractivity contribution < 1.29 is 114 Å². The van der Waals surface area contributed by atoms with Gasteiger partial charge in [-0.2, -0.15) is 0 Å². The number of cyclic esters (lactones) is 2. The molecule has 0 radical (unpaired) electrons. The molecule has 2 saturated carbocycles. The Kier molecular flexibility index (Phi) is 39.8. The summed E-state index contributed by atoms with van der Waals surface area (Å²) in [5, 5.41) is 8.42. The maximum atomic E-state index is 14.7. The number of esters is 2. The lowest BCUT2D eigenvalue weighted by Gasteiger charge is -2.44. The number of likely N-dealkylation sites (N-methyl/N-ethyl adjacent to an activating group) is 2. The van der Waals surface area contributed by atoms with Gasteiger partial charge < -0.3 is 85.6 Å². The summed E-state index contributed by atoms with van der Waals surface area (Å²) in [5.74, 6) is 0.0293. The zero-order valence-corrected chi connectivity index (χ0v) is 81.9. The third-order valence-corrected chi connectivity index (χ3v) is 30.9. The van der Waals surface area contributed by atoms with Crippen molar-refractivity contribution in [2.75, 3.05) is 97.5 Å². The van der Waals surface area contributed by atoms with Crippen LogP contribution in [-0.2, 0) is 105 Å². The summed E-state index contributed by atoms with van der Waals surface area (Å²) in [6.45, 7) is 22.0. The van der Waals surface area contributed by atoms with Gasteiger partial charge in [-0.1, -0.05) is 74.0 Å². The summed E-state index contributed by atoms with van der Waals surface area (Å²) in [5.41, 5.74) is 2.84. The van der Waals surface area contributed by atoms with Crippen LogP contribution in [0.2, 0.25) is 0 Å². The lowest BCUT2D eigenvalue weighted by molar-refractivity contribution is -0.314. The lowest BCUT2D eigenvalue weighted by Crippen LogP contribution is -2.59. The number of methoxy groups -OCH3 is 6. The number of oxime groups is 2. The Labute approximate surface area is 762 Å². The van der Waals surface area contributed by atoms with Crippen LogP contribution in [0, 0.1) is 71.0 Å². The number of hydrogen-bond donors (Lipinski definition) is 0. The van der Waals surface area contributed by atoms with Gasteiger partial charge in [-0.05, 0) is 250 Å². The molecule has 8 fully saturated rings.